The first-order chi connectivity index (χ1) is 7.58. The van der Waals surface area contributed by atoms with Crippen LogP contribution in [0.1, 0.15) is 18.9 Å². The molecule has 0 radical (unpaired) electrons. The molecule has 1 aromatic rings. The Morgan fingerprint density at radius 2 is 2.25 bits per heavy atom. The fourth-order valence-electron chi connectivity index (χ4n) is 1.70. The molecule has 2 unspecified atom stereocenters. The van der Waals surface area contributed by atoms with Gasteiger partial charge in [-0.1, -0.05) is 6.07 Å². The summed E-state index contributed by atoms with van der Waals surface area (Å²) in [4.78, 5) is 4.46. The molecule has 1 aromatic carbocycles. The van der Waals surface area contributed by atoms with Gasteiger partial charge in [-0.2, -0.15) is 0 Å². The van der Waals surface area contributed by atoms with Crippen LogP contribution in [0.4, 0.5) is 5.69 Å². The van der Waals surface area contributed by atoms with Crippen LogP contribution in [0.15, 0.2) is 27.7 Å². The van der Waals surface area contributed by atoms with Crippen LogP contribution in [0.3, 0.4) is 0 Å². The maximum absolute atomic E-state index is 9.36. The van der Waals surface area contributed by atoms with E-state index in [1.165, 1.54) is 0 Å². The summed E-state index contributed by atoms with van der Waals surface area (Å²) in [6, 6.07) is 5.96. The zero-order chi connectivity index (χ0) is 11.7. The zero-order valence-corrected chi connectivity index (χ0v) is 11.9. The Labute approximate surface area is 111 Å². The Kier molecular flexibility index (Phi) is 3.66. The first-order valence-corrected chi connectivity index (χ1v) is 6.63. The van der Waals surface area contributed by atoms with Crippen molar-refractivity contribution in [2.45, 2.75) is 25.6 Å². The molecule has 1 aliphatic rings. The van der Waals surface area contributed by atoms with Gasteiger partial charge in [-0.15, -0.1) is 0 Å². The second-order valence-electron chi connectivity index (χ2n) is 3.83. The number of rotatable bonds is 2. The maximum atomic E-state index is 9.36. The number of aliphatic hydroxyl groups excluding tert-OH is 1. The highest BCUT2D eigenvalue weighted by molar-refractivity contribution is 9.18. The summed E-state index contributed by atoms with van der Waals surface area (Å²) in [7, 11) is 0. The van der Waals surface area contributed by atoms with E-state index in [-0.39, 0.29) is 12.3 Å². The van der Waals surface area contributed by atoms with Crippen molar-refractivity contribution in [3.63, 3.8) is 0 Å². The van der Waals surface area contributed by atoms with Gasteiger partial charge in [-0.3, -0.25) is 4.99 Å². The van der Waals surface area contributed by atoms with E-state index >= 15 is 0 Å². The molecule has 2 atom stereocenters. The van der Waals surface area contributed by atoms with E-state index in [2.05, 4.69) is 42.2 Å². The quantitative estimate of drug-likeness (QED) is 0.863. The summed E-state index contributed by atoms with van der Waals surface area (Å²) < 4.78 is 1.82. The third kappa shape index (κ3) is 2.47. The fraction of sp³-hybridized carbons (Fsp3) is 0.364. The molecule has 3 nitrogen and oxygen atoms in total. The molecule has 0 amide bonds. The minimum absolute atomic E-state index is 0.0730. The van der Waals surface area contributed by atoms with Crippen LogP contribution >= 0.6 is 31.9 Å². The van der Waals surface area contributed by atoms with E-state index < -0.39 is 0 Å². The van der Waals surface area contributed by atoms with Crippen LogP contribution in [-0.4, -0.2) is 22.0 Å². The van der Waals surface area contributed by atoms with Crippen molar-refractivity contribution in [3.05, 3.63) is 28.2 Å². The molecule has 0 bridgehead atoms. The second-order valence-corrected chi connectivity index (χ2v) is 5.43. The molecule has 1 heterocycles. The smallest absolute Gasteiger partial charge is 0.122 e. The Bertz CT molecular complexity index is 432. The molecule has 0 aliphatic carbocycles. The molecular formula is C11H12Br2N2O. The molecule has 2 N–H and O–H groups in total. The van der Waals surface area contributed by atoms with Crippen molar-refractivity contribution in [2.24, 2.45) is 4.99 Å². The molecule has 2 rings (SSSR count). The first-order valence-electron chi connectivity index (χ1n) is 5.04. The number of benzene rings is 1. The number of nitrogens with one attached hydrogen (secondary N) is 1. The van der Waals surface area contributed by atoms with E-state index in [1.807, 2.05) is 18.2 Å². The van der Waals surface area contributed by atoms with Gasteiger partial charge in [-0.25, -0.2) is 0 Å². The van der Waals surface area contributed by atoms with Gasteiger partial charge in [0, 0.05) is 22.1 Å². The molecule has 0 saturated heterocycles. The Morgan fingerprint density at radius 3 is 2.94 bits per heavy atom. The molecule has 86 valence electrons. The number of aliphatic hydroxyl groups is 1. The normalized spacial score (nSPS) is 20.8. The highest BCUT2D eigenvalue weighted by Crippen LogP contribution is 2.32. The summed E-state index contributed by atoms with van der Waals surface area (Å²) in [5.41, 5.74) is 2.06. The minimum Gasteiger partial charge on any atom is -0.393 e. The number of halogens is 2. The summed E-state index contributed by atoms with van der Waals surface area (Å²) in [5, 5.41) is 12.7. The molecule has 16 heavy (non-hydrogen) atoms. The lowest BCUT2D eigenvalue weighted by molar-refractivity contribution is 0.178. The van der Waals surface area contributed by atoms with Crippen molar-refractivity contribution in [1.82, 2.24) is 0 Å². The third-order valence-corrected chi connectivity index (χ3v) is 3.64. The topological polar surface area (TPSA) is 44.6 Å². The van der Waals surface area contributed by atoms with E-state index in [1.54, 1.807) is 6.92 Å². The largest absolute Gasteiger partial charge is 0.393 e. The molecular weight excluding hydrogens is 336 g/mol. The average molecular weight is 348 g/mol. The van der Waals surface area contributed by atoms with Crippen molar-refractivity contribution in [2.75, 3.05) is 5.32 Å². The molecule has 0 spiro atoms. The Morgan fingerprint density at radius 1 is 1.50 bits per heavy atom. The van der Waals surface area contributed by atoms with Crippen LogP contribution in [0.2, 0.25) is 0 Å². The molecule has 0 saturated carbocycles. The van der Waals surface area contributed by atoms with Gasteiger partial charge in [-0.05, 0) is 50.9 Å². The van der Waals surface area contributed by atoms with E-state index in [9.17, 15) is 5.11 Å². The van der Waals surface area contributed by atoms with E-state index in [0.717, 1.165) is 20.3 Å². The first kappa shape index (κ1) is 12.1. The highest BCUT2D eigenvalue weighted by atomic mass is 79.9. The third-order valence-electron chi connectivity index (χ3n) is 2.38. The number of aliphatic imine (C=N–C) groups is 1. The predicted molar refractivity (Wildman–Crippen MR) is 73.3 cm³/mol. The van der Waals surface area contributed by atoms with Gasteiger partial charge in [0.15, 0.2) is 0 Å². The van der Waals surface area contributed by atoms with Crippen LogP contribution in [0.5, 0.6) is 0 Å². The lowest BCUT2D eigenvalue weighted by atomic mass is 10.1. The van der Waals surface area contributed by atoms with Crippen molar-refractivity contribution < 1.29 is 5.11 Å². The maximum Gasteiger partial charge on any atom is 0.122 e. The molecule has 0 fully saturated rings. The monoisotopic (exact) mass is 346 g/mol. The van der Waals surface area contributed by atoms with E-state index in [4.69, 9.17) is 0 Å². The van der Waals surface area contributed by atoms with Crippen molar-refractivity contribution in [3.8, 4) is 0 Å². The van der Waals surface area contributed by atoms with Gasteiger partial charge < -0.3 is 10.4 Å². The zero-order valence-electron chi connectivity index (χ0n) is 8.74. The van der Waals surface area contributed by atoms with Gasteiger partial charge in [0.2, 0.25) is 0 Å². The summed E-state index contributed by atoms with van der Waals surface area (Å²) in [6.45, 7) is 1.77. The SMILES string of the molecule is CC(O)CC1N=C(Br)c2c(Br)cccc2N1. The van der Waals surface area contributed by atoms with Gasteiger partial charge in [0.25, 0.3) is 0 Å². The standard InChI is InChI=1S/C11H12Br2N2O/c1-6(16)5-9-14-8-4-2-3-7(12)10(8)11(13)15-9/h2-4,6,9,14,16H,5H2,1H3. The van der Waals surface area contributed by atoms with Crippen molar-refractivity contribution in [1.29, 1.82) is 0 Å². The van der Waals surface area contributed by atoms with Crippen LogP contribution in [0.25, 0.3) is 0 Å². The second kappa shape index (κ2) is 4.85. The Balaban J connectivity index is 2.32. The minimum atomic E-state index is -0.366. The lowest BCUT2D eigenvalue weighted by Crippen LogP contribution is -2.27. The van der Waals surface area contributed by atoms with E-state index in [0.29, 0.717) is 6.42 Å². The fourth-order valence-corrected chi connectivity index (χ4v) is 3.20. The summed E-state index contributed by atoms with van der Waals surface area (Å²) in [5.74, 6) is 0. The summed E-state index contributed by atoms with van der Waals surface area (Å²) >= 11 is 6.96. The molecule has 1 aliphatic heterocycles. The lowest BCUT2D eigenvalue weighted by Gasteiger charge is -2.25. The molecule has 0 aromatic heterocycles. The van der Waals surface area contributed by atoms with Crippen LogP contribution in [-0.2, 0) is 0 Å². The predicted octanol–water partition coefficient (Wildman–Crippen LogP) is 3.11. The number of nitrogens with zero attached hydrogens (tertiary/aromatic N) is 1. The number of hydrogen-bond acceptors (Lipinski definition) is 3. The highest BCUT2D eigenvalue weighted by Gasteiger charge is 2.21. The summed E-state index contributed by atoms with van der Waals surface area (Å²) in [6.07, 6.45) is 0.160. The van der Waals surface area contributed by atoms with Gasteiger partial charge in [0.1, 0.15) is 10.8 Å². The number of anilines is 1. The number of hydrogen-bond donors (Lipinski definition) is 2. The van der Waals surface area contributed by atoms with Crippen LogP contribution < -0.4 is 5.32 Å². The molecule has 5 heteroatoms. The van der Waals surface area contributed by atoms with Crippen LogP contribution in [0, 0.1) is 0 Å². The number of fused-ring (bicyclic) bond motifs is 1. The van der Waals surface area contributed by atoms with Gasteiger partial charge >= 0.3 is 0 Å². The van der Waals surface area contributed by atoms with Gasteiger partial charge in [0.05, 0.1) is 6.10 Å². The Hall–Kier alpha value is -0.390. The average Bonchev–Trinajstić information content (AvgIpc) is 2.15. The van der Waals surface area contributed by atoms with Crippen molar-refractivity contribution >= 4 is 42.2 Å².